The third kappa shape index (κ3) is 3.20. The molecule has 1 aliphatic rings. The molecule has 0 bridgehead atoms. The van der Waals surface area contributed by atoms with E-state index in [4.69, 9.17) is 5.73 Å². The van der Waals surface area contributed by atoms with Gasteiger partial charge in [-0.25, -0.2) is 4.98 Å². The van der Waals surface area contributed by atoms with E-state index in [0.29, 0.717) is 30.4 Å². The molecule has 7 heteroatoms. The maximum absolute atomic E-state index is 12.7. The summed E-state index contributed by atoms with van der Waals surface area (Å²) in [6, 6.07) is 0.168. The Balaban J connectivity index is 1.82. The molecule has 1 fully saturated rings. The summed E-state index contributed by atoms with van der Waals surface area (Å²) >= 11 is 0. The first-order chi connectivity index (χ1) is 11.9. The summed E-state index contributed by atoms with van der Waals surface area (Å²) in [7, 11) is 1.69. The van der Waals surface area contributed by atoms with Gasteiger partial charge in [-0.2, -0.15) is 0 Å². The first-order valence-corrected chi connectivity index (χ1v) is 8.98. The Labute approximate surface area is 147 Å². The van der Waals surface area contributed by atoms with Gasteiger partial charge in [0.1, 0.15) is 0 Å². The van der Waals surface area contributed by atoms with Gasteiger partial charge in [0.15, 0.2) is 5.65 Å². The van der Waals surface area contributed by atoms with E-state index in [2.05, 4.69) is 10.1 Å². The molecule has 2 aromatic heterocycles. The van der Waals surface area contributed by atoms with Crippen LogP contribution >= 0.6 is 0 Å². The molecule has 3 rings (SSSR count). The fourth-order valence-electron chi connectivity index (χ4n) is 3.93. The van der Waals surface area contributed by atoms with Gasteiger partial charge in [0.25, 0.3) is 5.56 Å². The lowest BCUT2D eigenvalue weighted by atomic mass is 9.98. The molecule has 0 unspecified atom stereocenters. The van der Waals surface area contributed by atoms with E-state index in [1.165, 1.54) is 4.68 Å². The number of carbonyl (C=O) groups is 1. The Kier molecular flexibility index (Phi) is 4.94. The number of carbonyl (C=O) groups excluding carboxylic acids is 1. The van der Waals surface area contributed by atoms with Crippen LogP contribution in [-0.2, 0) is 18.3 Å². The van der Waals surface area contributed by atoms with Crippen molar-refractivity contribution in [3.63, 3.8) is 0 Å². The number of piperidine rings is 1. The van der Waals surface area contributed by atoms with Gasteiger partial charge >= 0.3 is 0 Å². The highest BCUT2D eigenvalue weighted by Gasteiger charge is 2.25. The lowest BCUT2D eigenvalue weighted by Crippen LogP contribution is -2.47. The summed E-state index contributed by atoms with van der Waals surface area (Å²) in [6.45, 7) is 5.20. The molecule has 3 N–H and O–H groups in total. The molecule has 7 nitrogen and oxygen atoms in total. The van der Waals surface area contributed by atoms with Crippen LogP contribution < -0.4 is 11.3 Å². The lowest BCUT2D eigenvalue weighted by Gasteiger charge is -2.35. The minimum atomic E-state index is -0.0770. The molecule has 0 aromatic carbocycles. The zero-order chi connectivity index (χ0) is 18.1. The van der Waals surface area contributed by atoms with Crippen LogP contribution in [0.1, 0.15) is 42.5 Å². The van der Waals surface area contributed by atoms with Gasteiger partial charge in [0, 0.05) is 38.3 Å². The summed E-state index contributed by atoms with van der Waals surface area (Å²) in [4.78, 5) is 31.4. The van der Waals surface area contributed by atoms with Gasteiger partial charge in [-0.1, -0.05) is 0 Å². The molecule has 3 heterocycles. The topological polar surface area (TPSA) is 97.0 Å². The van der Waals surface area contributed by atoms with Gasteiger partial charge in [-0.3, -0.25) is 19.4 Å². The van der Waals surface area contributed by atoms with E-state index in [1.54, 1.807) is 7.05 Å². The summed E-state index contributed by atoms with van der Waals surface area (Å²) in [5.41, 5.74) is 9.15. The maximum Gasteiger partial charge on any atom is 0.276 e. The number of aromatic amines is 1. The predicted octanol–water partition coefficient (Wildman–Crippen LogP) is 1.15. The molecule has 1 atom stereocenters. The van der Waals surface area contributed by atoms with Gasteiger partial charge in [0.05, 0.1) is 5.39 Å². The van der Waals surface area contributed by atoms with Crippen molar-refractivity contribution in [2.75, 3.05) is 13.1 Å². The second-order valence-corrected chi connectivity index (χ2v) is 6.97. The monoisotopic (exact) mass is 345 g/mol. The average Bonchev–Trinajstić information content (AvgIpc) is 2.88. The molecule has 0 saturated carbocycles. The number of likely N-dealkylation sites (tertiary alicyclic amines) is 1. The molecule has 0 spiro atoms. The third-order valence-electron chi connectivity index (χ3n) is 5.38. The van der Waals surface area contributed by atoms with Crippen LogP contribution in [-0.4, -0.2) is 44.7 Å². The largest absolute Gasteiger partial charge is 0.338 e. The molecular formula is C18H27N5O2. The molecular weight excluding hydrogens is 318 g/mol. The Hall–Kier alpha value is -2.15. The van der Waals surface area contributed by atoms with E-state index in [1.807, 2.05) is 18.7 Å². The Morgan fingerprint density at radius 3 is 2.84 bits per heavy atom. The number of hydrogen-bond donors (Lipinski definition) is 2. The number of fused-ring (bicyclic) bond motifs is 1. The summed E-state index contributed by atoms with van der Waals surface area (Å²) in [5, 5.41) is 3.59. The van der Waals surface area contributed by atoms with Crippen molar-refractivity contribution in [3.8, 4) is 0 Å². The second kappa shape index (κ2) is 7.00. The molecule has 0 radical (unpaired) electrons. The van der Waals surface area contributed by atoms with Crippen LogP contribution in [0, 0.1) is 13.8 Å². The normalized spacial score (nSPS) is 18.1. The van der Waals surface area contributed by atoms with E-state index in [-0.39, 0.29) is 17.5 Å². The molecule has 2 aromatic rings. The number of hydrogen-bond acceptors (Lipinski definition) is 4. The first-order valence-electron chi connectivity index (χ1n) is 8.98. The number of nitrogens with two attached hydrogens (primary N) is 1. The van der Waals surface area contributed by atoms with Gasteiger partial charge in [0.2, 0.25) is 5.91 Å². The van der Waals surface area contributed by atoms with Crippen LogP contribution in [0.15, 0.2) is 4.79 Å². The van der Waals surface area contributed by atoms with E-state index in [0.717, 1.165) is 42.6 Å². The maximum atomic E-state index is 12.7. The van der Waals surface area contributed by atoms with Gasteiger partial charge < -0.3 is 10.6 Å². The molecule has 1 aliphatic heterocycles. The number of pyridine rings is 1. The average molecular weight is 345 g/mol. The number of nitrogens with one attached hydrogen (secondary N) is 1. The van der Waals surface area contributed by atoms with Crippen LogP contribution in [0.4, 0.5) is 0 Å². The summed E-state index contributed by atoms with van der Waals surface area (Å²) in [5.74, 6) is 0.149. The van der Waals surface area contributed by atoms with Gasteiger partial charge in [-0.05, 0) is 50.7 Å². The second-order valence-electron chi connectivity index (χ2n) is 6.97. The van der Waals surface area contributed by atoms with Crippen molar-refractivity contribution in [2.45, 2.75) is 52.0 Å². The quantitative estimate of drug-likeness (QED) is 0.869. The number of aryl methyl sites for hydroxylation is 3. The van der Waals surface area contributed by atoms with Crippen molar-refractivity contribution in [3.05, 3.63) is 27.2 Å². The van der Waals surface area contributed by atoms with E-state index in [9.17, 15) is 9.59 Å². The highest BCUT2D eigenvalue weighted by Crippen LogP contribution is 2.22. The van der Waals surface area contributed by atoms with E-state index < -0.39 is 0 Å². The van der Waals surface area contributed by atoms with Crippen molar-refractivity contribution in [1.29, 1.82) is 0 Å². The Bertz CT molecular complexity index is 851. The molecule has 136 valence electrons. The van der Waals surface area contributed by atoms with Crippen molar-refractivity contribution in [1.82, 2.24) is 19.7 Å². The fraction of sp³-hybridized carbons (Fsp3) is 0.611. The molecule has 1 saturated heterocycles. The highest BCUT2D eigenvalue weighted by molar-refractivity contribution is 5.81. The van der Waals surface area contributed by atoms with Crippen molar-refractivity contribution >= 4 is 16.9 Å². The van der Waals surface area contributed by atoms with Crippen LogP contribution in [0.5, 0.6) is 0 Å². The van der Waals surface area contributed by atoms with Crippen LogP contribution in [0.25, 0.3) is 11.0 Å². The lowest BCUT2D eigenvalue weighted by molar-refractivity contribution is -0.134. The standard InChI is InChI=1S/C18H27N5O2/c1-11-14(12(2)20-17-16(11)18(25)22(3)21-17)7-8-15(24)23-9-5-4-6-13(23)10-19/h13H,4-10,19H2,1-3H3,(H,20,21)/t13-/m0/s1. The third-order valence-corrected chi connectivity index (χ3v) is 5.38. The molecule has 25 heavy (non-hydrogen) atoms. The first kappa shape index (κ1) is 17.7. The highest BCUT2D eigenvalue weighted by atomic mass is 16.2. The molecule has 1 amide bonds. The Morgan fingerprint density at radius 2 is 2.12 bits per heavy atom. The van der Waals surface area contributed by atoms with Crippen LogP contribution in [0.2, 0.25) is 0 Å². The summed E-state index contributed by atoms with van der Waals surface area (Å²) < 4.78 is 1.44. The smallest absolute Gasteiger partial charge is 0.276 e. The zero-order valence-electron chi connectivity index (χ0n) is 15.3. The zero-order valence-corrected chi connectivity index (χ0v) is 15.3. The number of rotatable bonds is 4. The number of H-pyrrole nitrogens is 1. The number of nitrogens with zero attached hydrogens (tertiary/aromatic N) is 3. The van der Waals surface area contributed by atoms with Crippen molar-refractivity contribution < 1.29 is 4.79 Å². The molecule has 0 aliphatic carbocycles. The Morgan fingerprint density at radius 1 is 1.36 bits per heavy atom. The van der Waals surface area contributed by atoms with Gasteiger partial charge in [-0.15, -0.1) is 0 Å². The minimum absolute atomic E-state index is 0.0770. The predicted molar refractivity (Wildman–Crippen MR) is 97.5 cm³/mol. The fourth-order valence-corrected chi connectivity index (χ4v) is 3.93. The van der Waals surface area contributed by atoms with Crippen molar-refractivity contribution in [2.24, 2.45) is 12.8 Å². The van der Waals surface area contributed by atoms with E-state index >= 15 is 0 Å². The minimum Gasteiger partial charge on any atom is -0.338 e. The van der Waals surface area contributed by atoms with Crippen LogP contribution in [0.3, 0.4) is 0 Å². The SMILES string of the molecule is Cc1nc2[nH]n(C)c(=O)c2c(C)c1CCC(=O)N1CCCC[C@H]1CN. The summed E-state index contributed by atoms with van der Waals surface area (Å²) in [6.07, 6.45) is 4.21. The number of amides is 1. The number of aromatic nitrogens is 3.